The van der Waals surface area contributed by atoms with Crippen LogP contribution >= 0.6 is 11.6 Å². The van der Waals surface area contributed by atoms with Gasteiger partial charge in [-0.05, 0) is 73.5 Å². The molecule has 0 unspecified atom stereocenters. The molecule has 1 saturated heterocycles. The Bertz CT molecular complexity index is 530. The third-order valence-corrected chi connectivity index (χ3v) is 8.34. The summed E-state index contributed by atoms with van der Waals surface area (Å²) in [6.07, 6.45) is 9.41. The first-order chi connectivity index (χ1) is 10.5. The fraction of sp³-hybridized carbons (Fsp3) is 0.842. The van der Waals surface area contributed by atoms with Crippen molar-refractivity contribution in [2.75, 3.05) is 0 Å². The van der Waals surface area contributed by atoms with Gasteiger partial charge in [-0.15, -0.1) is 0 Å². The number of piperidine rings is 1. The van der Waals surface area contributed by atoms with Crippen LogP contribution < -0.4 is 5.32 Å². The normalized spacial score (nSPS) is 52.7. The third kappa shape index (κ3) is 1.89. The summed E-state index contributed by atoms with van der Waals surface area (Å²) in [5, 5.41) is 3.31. The van der Waals surface area contributed by atoms with Gasteiger partial charge in [0.2, 0.25) is 5.91 Å². The number of nitrogens with one attached hydrogen (secondary N) is 1. The van der Waals surface area contributed by atoms with Gasteiger partial charge in [0, 0.05) is 18.0 Å². The number of hydrogen-bond acceptors (Lipinski definition) is 1. The van der Waals surface area contributed by atoms with Crippen LogP contribution in [0.15, 0.2) is 11.1 Å². The number of allylic oxidation sites excluding steroid dienone is 1. The Morgan fingerprint density at radius 1 is 1.09 bits per heavy atom. The van der Waals surface area contributed by atoms with E-state index in [1.165, 1.54) is 44.1 Å². The van der Waals surface area contributed by atoms with E-state index in [1.807, 2.05) is 5.54 Å². The predicted molar refractivity (Wildman–Crippen MR) is 89.5 cm³/mol. The van der Waals surface area contributed by atoms with Crippen molar-refractivity contribution in [3.05, 3.63) is 11.1 Å². The van der Waals surface area contributed by atoms with Crippen LogP contribution in [0.5, 0.6) is 0 Å². The van der Waals surface area contributed by atoms with E-state index in [4.69, 9.17) is 11.6 Å². The number of carbonyl (C=O) groups excluding carboxylic acids is 1. The Morgan fingerprint density at radius 3 is 2.68 bits per heavy atom. The Labute approximate surface area is 139 Å². The molecule has 1 aliphatic heterocycles. The van der Waals surface area contributed by atoms with Crippen molar-refractivity contribution in [2.24, 2.45) is 28.6 Å². The van der Waals surface area contributed by atoms with Gasteiger partial charge in [0.1, 0.15) is 0 Å². The van der Waals surface area contributed by atoms with Crippen molar-refractivity contribution in [1.82, 2.24) is 5.32 Å². The van der Waals surface area contributed by atoms with Crippen molar-refractivity contribution < 1.29 is 4.79 Å². The molecule has 0 bridgehead atoms. The molecule has 6 atom stereocenters. The first-order valence-corrected chi connectivity index (χ1v) is 9.52. The van der Waals surface area contributed by atoms with Gasteiger partial charge in [-0.2, -0.15) is 0 Å². The second kappa shape index (κ2) is 5.00. The van der Waals surface area contributed by atoms with Gasteiger partial charge in [-0.1, -0.05) is 31.0 Å². The molecule has 1 N–H and O–H groups in total. The van der Waals surface area contributed by atoms with Gasteiger partial charge in [-0.3, -0.25) is 4.79 Å². The minimum absolute atomic E-state index is 0.273. The lowest BCUT2D eigenvalue weighted by molar-refractivity contribution is -0.134. The van der Waals surface area contributed by atoms with Crippen LogP contribution in [0.4, 0.5) is 0 Å². The van der Waals surface area contributed by atoms with E-state index in [9.17, 15) is 4.79 Å². The maximum absolute atomic E-state index is 11.8. The van der Waals surface area contributed by atoms with Gasteiger partial charge >= 0.3 is 0 Å². The van der Waals surface area contributed by atoms with Crippen LogP contribution in [0.1, 0.15) is 65.2 Å². The lowest BCUT2D eigenvalue weighted by atomic mass is 9.47. The molecular weight excluding hydrogens is 294 g/mol. The van der Waals surface area contributed by atoms with E-state index >= 15 is 0 Å². The molecule has 0 aromatic rings. The van der Waals surface area contributed by atoms with E-state index in [1.54, 1.807) is 0 Å². The zero-order valence-electron chi connectivity index (χ0n) is 13.8. The first-order valence-electron chi connectivity index (χ1n) is 9.08. The summed E-state index contributed by atoms with van der Waals surface area (Å²) in [7, 11) is 0. The van der Waals surface area contributed by atoms with Gasteiger partial charge in [-0.25, -0.2) is 0 Å². The quantitative estimate of drug-likeness (QED) is 0.692. The SMILES string of the molecule is C[C@]12CCC(=O)N[C@@H]1CC[C@@H]1[C@@H]2CC[C@]2(C)C(=CCl)CC[C@@H]12. The molecule has 0 spiro atoms. The van der Waals surface area contributed by atoms with Crippen LogP contribution in [-0.4, -0.2) is 11.9 Å². The topological polar surface area (TPSA) is 29.1 Å². The maximum Gasteiger partial charge on any atom is 0.220 e. The summed E-state index contributed by atoms with van der Waals surface area (Å²) in [5.41, 5.74) is 4.06. The minimum atomic E-state index is 0.273. The van der Waals surface area contributed by atoms with Crippen molar-refractivity contribution >= 4 is 17.5 Å². The summed E-state index contributed by atoms with van der Waals surface area (Å²) < 4.78 is 0. The van der Waals surface area contributed by atoms with Gasteiger partial charge in [0.15, 0.2) is 0 Å². The highest BCUT2D eigenvalue weighted by atomic mass is 35.5. The summed E-state index contributed by atoms with van der Waals surface area (Å²) in [6, 6.07) is 0.420. The van der Waals surface area contributed by atoms with Crippen molar-refractivity contribution in [2.45, 2.75) is 71.3 Å². The summed E-state index contributed by atoms with van der Waals surface area (Å²) >= 11 is 6.14. The third-order valence-electron chi connectivity index (χ3n) is 8.07. The monoisotopic (exact) mass is 321 g/mol. The Hall–Kier alpha value is -0.500. The minimum Gasteiger partial charge on any atom is -0.353 e. The molecule has 3 aliphatic carbocycles. The largest absolute Gasteiger partial charge is 0.353 e. The van der Waals surface area contributed by atoms with Gasteiger partial charge < -0.3 is 5.32 Å². The molecular formula is C19H28ClNO. The molecule has 3 saturated carbocycles. The van der Waals surface area contributed by atoms with E-state index < -0.39 is 0 Å². The van der Waals surface area contributed by atoms with E-state index in [-0.39, 0.29) is 5.91 Å². The predicted octanol–water partition coefficient (Wildman–Crippen LogP) is 4.63. The molecule has 0 aromatic carbocycles. The zero-order valence-corrected chi connectivity index (χ0v) is 14.6. The molecule has 0 aromatic heterocycles. The molecule has 1 amide bonds. The first kappa shape index (κ1) is 15.1. The standard InChI is InChI=1S/C19H28ClNO/c1-18-9-7-15-13(14(18)5-3-12(18)11-20)4-6-16-19(15,2)10-8-17(22)21-16/h11,13-16H,3-10H2,1-2H3,(H,21,22)/t13-,14-,15-,16+,18+,19+/m0/s1. The molecule has 22 heavy (non-hydrogen) atoms. The van der Waals surface area contributed by atoms with Crippen molar-refractivity contribution in [1.29, 1.82) is 0 Å². The van der Waals surface area contributed by atoms with Crippen LogP contribution in [0.2, 0.25) is 0 Å². The number of hydrogen-bond donors (Lipinski definition) is 1. The molecule has 4 aliphatic rings. The van der Waals surface area contributed by atoms with Gasteiger partial charge in [0.05, 0.1) is 0 Å². The molecule has 3 heteroatoms. The molecule has 2 nitrogen and oxygen atoms in total. The second-order valence-electron chi connectivity index (χ2n) is 8.71. The van der Waals surface area contributed by atoms with Crippen molar-refractivity contribution in [3.63, 3.8) is 0 Å². The Morgan fingerprint density at radius 2 is 1.91 bits per heavy atom. The number of amides is 1. The summed E-state index contributed by atoms with van der Waals surface area (Å²) in [4.78, 5) is 11.8. The number of halogens is 1. The highest BCUT2D eigenvalue weighted by Crippen LogP contribution is 2.65. The fourth-order valence-corrected chi connectivity index (χ4v) is 7.09. The average molecular weight is 322 g/mol. The summed E-state index contributed by atoms with van der Waals surface area (Å²) in [5.74, 6) is 2.71. The molecule has 1 heterocycles. The number of fused-ring (bicyclic) bond motifs is 5. The number of carbonyl (C=O) groups is 1. The van der Waals surface area contributed by atoms with E-state index in [0.29, 0.717) is 16.9 Å². The zero-order chi connectivity index (χ0) is 15.5. The Balaban J connectivity index is 1.65. The van der Waals surface area contributed by atoms with Crippen LogP contribution in [0.25, 0.3) is 0 Å². The average Bonchev–Trinajstić information content (AvgIpc) is 2.84. The van der Waals surface area contributed by atoms with Crippen LogP contribution in [0.3, 0.4) is 0 Å². The van der Waals surface area contributed by atoms with Crippen LogP contribution in [-0.2, 0) is 4.79 Å². The van der Waals surface area contributed by atoms with Crippen LogP contribution in [0, 0.1) is 28.6 Å². The molecule has 4 fully saturated rings. The molecule has 4 rings (SSSR count). The lowest BCUT2D eigenvalue weighted by Crippen LogP contribution is -2.60. The molecule has 0 radical (unpaired) electrons. The second-order valence-corrected chi connectivity index (χ2v) is 8.93. The Kier molecular flexibility index (Phi) is 3.42. The smallest absolute Gasteiger partial charge is 0.220 e. The number of rotatable bonds is 0. The van der Waals surface area contributed by atoms with Gasteiger partial charge in [0.25, 0.3) is 0 Å². The highest BCUT2D eigenvalue weighted by Gasteiger charge is 2.59. The maximum atomic E-state index is 11.8. The van der Waals surface area contributed by atoms with E-state index in [2.05, 4.69) is 19.2 Å². The lowest BCUT2D eigenvalue weighted by Gasteiger charge is -2.59. The van der Waals surface area contributed by atoms with Crippen molar-refractivity contribution in [3.8, 4) is 0 Å². The highest BCUT2D eigenvalue weighted by molar-refractivity contribution is 6.25. The van der Waals surface area contributed by atoms with E-state index in [0.717, 1.165) is 30.6 Å². The fourth-order valence-electron chi connectivity index (χ4n) is 6.73. The summed E-state index contributed by atoms with van der Waals surface area (Å²) in [6.45, 7) is 4.93. The molecule has 122 valence electrons.